The number of hydrogen-bond donors (Lipinski definition) is 4. The Morgan fingerprint density at radius 1 is 1.54 bits per heavy atom. The SMILES string of the molecule is Cc1cc(F)c2c(c1)NC(=O)N(CC(=O)N[C@H](C)C1NCC(C#N)NC1C)S2. The Morgan fingerprint density at radius 3 is 2.96 bits per heavy atom. The number of rotatable bonds is 4. The minimum absolute atomic E-state index is 0.00873. The van der Waals surface area contributed by atoms with Crippen molar-refractivity contribution in [2.24, 2.45) is 0 Å². The predicted octanol–water partition coefficient (Wildman–Crippen LogP) is 1.34. The van der Waals surface area contributed by atoms with E-state index in [4.69, 9.17) is 5.26 Å². The molecular weight excluding hydrogens is 383 g/mol. The van der Waals surface area contributed by atoms with Gasteiger partial charge in [-0.25, -0.2) is 9.18 Å². The molecule has 3 rings (SSSR count). The number of fused-ring (bicyclic) bond motifs is 1. The lowest BCUT2D eigenvalue weighted by molar-refractivity contribution is -0.121. The first-order valence-corrected chi connectivity index (χ1v) is 9.81. The zero-order chi connectivity index (χ0) is 20.4. The van der Waals surface area contributed by atoms with E-state index >= 15 is 0 Å². The second-order valence-corrected chi connectivity index (χ2v) is 8.14. The lowest BCUT2D eigenvalue weighted by Crippen LogP contribution is -2.65. The highest BCUT2D eigenvalue weighted by Gasteiger charge is 2.32. The fourth-order valence-electron chi connectivity index (χ4n) is 3.47. The van der Waals surface area contributed by atoms with Crippen molar-refractivity contribution < 1.29 is 14.0 Å². The van der Waals surface area contributed by atoms with Gasteiger partial charge in [-0.05, 0) is 50.4 Å². The van der Waals surface area contributed by atoms with Crippen LogP contribution in [0.1, 0.15) is 19.4 Å². The van der Waals surface area contributed by atoms with Crippen LogP contribution in [0.3, 0.4) is 0 Å². The highest BCUT2D eigenvalue weighted by Crippen LogP contribution is 2.37. The minimum Gasteiger partial charge on any atom is -0.350 e. The minimum atomic E-state index is -0.465. The first-order chi connectivity index (χ1) is 13.3. The van der Waals surface area contributed by atoms with Crippen molar-refractivity contribution >= 4 is 29.6 Å². The van der Waals surface area contributed by atoms with Crippen LogP contribution >= 0.6 is 11.9 Å². The fourth-order valence-corrected chi connectivity index (χ4v) is 4.36. The van der Waals surface area contributed by atoms with Gasteiger partial charge in [0.2, 0.25) is 5.91 Å². The summed E-state index contributed by atoms with van der Waals surface area (Å²) in [5.41, 5.74) is 1.12. The van der Waals surface area contributed by atoms with Gasteiger partial charge in [-0.2, -0.15) is 5.26 Å². The molecule has 4 N–H and O–H groups in total. The maximum absolute atomic E-state index is 14.2. The summed E-state index contributed by atoms with van der Waals surface area (Å²) in [6, 6.07) is 4.23. The molecule has 1 aromatic carbocycles. The second-order valence-electron chi connectivity index (χ2n) is 7.11. The van der Waals surface area contributed by atoms with Crippen molar-refractivity contribution in [2.45, 2.75) is 49.8 Å². The van der Waals surface area contributed by atoms with E-state index in [1.54, 1.807) is 13.0 Å². The number of nitrogens with one attached hydrogen (secondary N) is 4. The number of nitriles is 1. The summed E-state index contributed by atoms with van der Waals surface area (Å²) in [6.45, 7) is 5.84. The van der Waals surface area contributed by atoms with E-state index in [1.807, 2.05) is 13.8 Å². The molecule has 1 fully saturated rings. The lowest BCUT2D eigenvalue weighted by Gasteiger charge is -2.38. The Hall–Kier alpha value is -2.35. The van der Waals surface area contributed by atoms with E-state index in [2.05, 4.69) is 27.3 Å². The van der Waals surface area contributed by atoms with Gasteiger partial charge in [0.1, 0.15) is 18.4 Å². The number of carbonyl (C=O) groups is 2. The summed E-state index contributed by atoms with van der Waals surface area (Å²) in [7, 11) is 0. The molecule has 1 aromatic rings. The van der Waals surface area contributed by atoms with E-state index in [1.165, 1.54) is 10.4 Å². The molecule has 0 spiro atoms. The van der Waals surface area contributed by atoms with E-state index in [0.29, 0.717) is 22.7 Å². The van der Waals surface area contributed by atoms with Crippen molar-refractivity contribution in [1.29, 1.82) is 5.26 Å². The molecule has 2 heterocycles. The van der Waals surface area contributed by atoms with Crippen molar-refractivity contribution in [2.75, 3.05) is 18.4 Å². The molecular formula is C18H23FN6O2S. The van der Waals surface area contributed by atoms with Gasteiger partial charge in [0.05, 0.1) is 16.7 Å². The van der Waals surface area contributed by atoms with Crippen LogP contribution in [0.4, 0.5) is 14.9 Å². The van der Waals surface area contributed by atoms with Crippen molar-refractivity contribution in [3.05, 3.63) is 23.5 Å². The predicted molar refractivity (Wildman–Crippen MR) is 104 cm³/mol. The van der Waals surface area contributed by atoms with Crippen molar-refractivity contribution in [3.8, 4) is 6.07 Å². The molecule has 3 amide bonds. The molecule has 4 atom stereocenters. The smallest absolute Gasteiger partial charge is 0.332 e. The van der Waals surface area contributed by atoms with Crippen LogP contribution < -0.4 is 21.3 Å². The van der Waals surface area contributed by atoms with E-state index in [9.17, 15) is 14.0 Å². The van der Waals surface area contributed by atoms with Gasteiger partial charge in [-0.3, -0.25) is 14.4 Å². The fraction of sp³-hybridized carbons (Fsp3) is 0.500. The van der Waals surface area contributed by atoms with Gasteiger partial charge in [-0.1, -0.05) is 0 Å². The van der Waals surface area contributed by atoms with Gasteiger partial charge in [0, 0.05) is 24.7 Å². The molecule has 28 heavy (non-hydrogen) atoms. The maximum atomic E-state index is 14.2. The van der Waals surface area contributed by atoms with E-state index < -0.39 is 11.8 Å². The molecule has 10 heteroatoms. The summed E-state index contributed by atoms with van der Waals surface area (Å²) < 4.78 is 15.4. The normalized spacial score (nSPS) is 25.3. The number of halogens is 1. The summed E-state index contributed by atoms with van der Waals surface area (Å²) in [5.74, 6) is -0.778. The molecule has 1 saturated heterocycles. The topological polar surface area (TPSA) is 109 Å². The first kappa shape index (κ1) is 20.4. The summed E-state index contributed by atoms with van der Waals surface area (Å²) in [6.07, 6.45) is 0. The zero-order valence-electron chi connectivity index (χ0n) is 15.9. The second kappa shape index (κ2) is 8.34. The van der Waals surface area contributed by atoms with Crippen LogP contribution in [0.25, 0.3) is 0 Å². The monoisotopic (exact) mass is 406 g/mol. The van der Waals surface area contributed by atoms with Crippen LogP contribution in [0.5, 0.6) is 0 Å². The van der Waals surface area contributed by atoms with Crippen LogP contribution in [0, 0.1) is 24.1 Å². The van der Waals surface area contributed by atoms with Gasteiger partial charge in [0.25, 0.3) is 0 Å². The number of carbonyl (C=O) groups excluding carboxylic acids is 2. The Kier molecular flexibility index (Phi) is 6.07. The zero-order valence-corrected chi connectivity index (χ0v) is 16.7. The number of piperazine rings is 1. The van der Waals surface area contributed by atoms with Crippen LogP contribution in [0.15, 0.2) is 17.0 Å². The average Bonchev–Trinajstić information content (AvgIpc) is 2.62. The summed E-state index contributed by atoms with van der Waals surface area (Å²) in [4.78, 5) is 25.0. The number of amides is 3. The van der Waals surface area contributed by atoms with Gasteiger partial charge >= 0.3 is 6.03 Å². The van der Waals surface area contributed by atoms with Crippen molar-refractivity contribution in [1.82, 2.24) is 20.3 Å². The van der Waals surface area contributed by atoms with Crippen LogP contribution in [0.2, 0.25) is 0 Å². The molecule has 2 aliphatic rings. The lowest BCUT2D eigenvalue weighted by atomic mass is 9.98. The molecule has 0 aliphatic carbocycles. The molecule has 3 unspecified atom stereocenters. The molecule has 0 radical (unpaired) electrons. The third-order valence-corrected chi connectivity index (χ3v) is 5.90. The number of nitrogens with zero attached hydrogens (tertiary/aromatic N) is 2. The molecule has 8 nitrogen and oxygen atoms in total. The van der Waals surface area contributed by atoms with Gasteiger partial charge < -0.3 is 16.0 Å². The quantitative estimate of drug-likeness (QED) is 0.562. The largest absolute Gasteiger partial charge is 0.350 e. The average molecular weight is 406 g/mol. The Bertz CT molecular complexity index is 829. The van der Waals surface area contributed by atoms with Crippen LogP contribution in [-0.4, -0.2) is 53.5 Å². The molecule has 2 aliphatic heterocycles. The third-order valence-electron chi connectivity index (χ3n) is 4.79. The molecule has 150 valence electrons. The Balaban J connectivity index is 1.59. The molecule has 0 bridgehead atoms. The highest BCUT2D eigenvalue weighted by atomic mass is 32.2. The Morgan fingerprint density at radius 2 is 2.29 bits per heavy atom. The molecule has 0 aromatic heterocycles. The van der Waals surface area contributed by atoms with Crippen molar-refractivity contribution in [3.63, 3.8) is 0 Å². The highest BCUT2D eigenvalue weighted by molar-refractivity contribution is 7.97. The number of hydrogen-bond acceptors (Lipinski definition) is 6. The third kappa shape index (κ3) is 4.38. The van der Waals surface area contributed by atoms with E-state index in [-0.39, 0.29) is 36.6 Å². The van der Waals surface area contributed by atoms with Gasteiger partial charge in [-0.15, -0.1) is 0 Å². The number of anilines is 1. The summed E-state index contributed by atoms with van der Waals surface area (Å²) >= 11 is 0.917. The standard InChI is InChI=1S/C18H23FN6O2S/c1-9-4-13(19)17-14(5-9)24-18(27)25(28-17)8-15(26)23-11(3)16-10(2)22-12(6-20)7-21-16/h4-5,10-12,16,21-22H,7-8H2,1-3H3,(H,23,26)(H,24,27)/t10?,11-,12?,16?/m1/s1. The number of urea groups is 1. The number of aryl methyl sites for hydroxylation is 1. The van der Waals surface area contributed by atoms with Crippen LogP contribution in [-0.2, 0) is 4.79 Å². The first-order valence-electron chi connectivity index (χ1n) is 9.03. The molecule has 0 saturated carbocycles. The maximum Gasteiger partial charge on any atom is 0.332 e. The van der Waals surface area contributed by atoms with E-state index in [0.717, 1.165) is 11.9 Å². The number of benzene rings is 1. The Labute approximate surface area is 167 Å². The van der Waals surface area contributed by atoms with Gasteiger partial charge in [0.15, 0.2) is 0 Å². The summed E-state index contributed by atoms with van der Waals surface area (Å²) in [5, 5.41) is 20.9.